The molecule has 1 saturated carbocycles. The zero-order valence-corrected chi connectivity index (χ0v) is 14.8. The number of benzene rings is 1. The van der Waals surface area contributed by atoms with Gasteiger partial charge in [-0.15, -0.1) is 0 Å². The van der Waals surface area contributed by atoms with Crippen LogP contribution in [0, 0.1) is 6.92 Å². The summed E-state index contributed by atoms with van der Waals surface area (Å²) in [5.74, 6) is 2.33. The van der Waals surface area contributed by atoms with Gasteiger partial charge in [-0.1, -0.05) is 29.4 Å². The Hall–Kier alpha value is -2.17. The van der Waals surface area contributed by atoms with Gasteiger partial charge < -0.3 is 9.42 Å². The molecular weight excluding hydrogens is 314 g/mol. The summed E-state index contributed by atoms with van der Waals surface area (Å²) in [4.78, 5) is 19.3. The van der Waals surface area contributed by atoms with Gasteiger partial charge in [0.05, 0.1) is 6.42 Å². The van der Waals surface area contributed by atoms with Crippen LogP contribution in [0.2, 0.25) is 0 Å². The SMILES string of the molecule is Cc1ccccc1CC(=O)N1CCCC1CCc1noc(C2CC2)n1. The molecule has 1 saturated heterocycles. The lowest BCUT2D eigenvalue weighted by atomic mass is 10.0. The summed E-state index contributed by atoms with van der Waals surface area (Å²) in [6, 6.07) is 8.45. The van der Waals surface area contributed by atoms with Gasteiger partial charge in [0.15, 0.2) is 5.82 Å². The van der Waals surface area contributed by atoms with Crippen LogP contribution in [0.3, 0.4) is 0 Å². The highest BCUT2D eigenvalue weighted by Crippen LogP contribution is 2.38. The van der Waals surface area contributed by atoms with Crippen molar-refractivity contribution in [3.8, 4) is 0 Å². The second kappa shape index (κ2) is 6.98. The maximum absolute atomic E-state index is 12.8. The highest BCUT2D eigenvalue weighted by atomic mass is 16.5. The first-order valence-corrected chi connectivity index (χ1v) is 9.37. The van der Waals surface area contributed by atoms with E-state index in [-0.39, 0.29) is 5.91 Å². The number of carbonyl (C=O) groups is 1. The minimum atomic E-state index is 0.239. The molecule has 1 aromatic carbocycles. The fourth-order valence-electron chi connectivity index (χ4n) is 3.70. The number of amides is 1. The van der Waals surface area contributed by atoms with E-state index >= 15 is 0 Å². The molecule has 2 aliphatic rings. The monoisotopic (exact) mass is 339 g/mol. The number of rotatable bonds is 6. The molecule has 4 rings (SSSR count). The van der Waals surface area contributed by atoms with Crippen LogP contribution in [0.15, 0.2) is 28.8 Å². The Labute approximate surface area is 148 Å². The van der Waals surface area contributed by atoms with Crippen LogP contribution in [0.4, 0.5) is 0 Å². The molecule has 1 unspecified atom stereocenters. The van der Waals surface area contributed by atoms with Crippen LogP contribution in [-0.2, 0) is 17.6 Å². The van der Waals surface area contributed by atoms with Crippen LogP contribution in [-0.4, -0.2) is 33.5 Å². The van der Waals surface area contributed by atoms with E-state index in [2.05, 4.69) is 34.1 Å². The molecule has 2 fully saturated rings. The van der Waals surface area contributed by atoms with Crippen molar-refractivity contribution in [1.29, 1.82) is 0 Å². The molecule has 0 bridgehead atoms. The van der Waals surface area contributed by atoms with E-state index < -0.39 is 0 Å². The standard InChI is InChI=1S/C20H25N3O2/c1-14-5-2-3-6-16(14)13-19(24)23-12-4-7-17(23)10-11-18-21-20(25-22-18)15-8-9-15/h2-3,5-6,15,17H,4,7-13H2,1H3. The van der Waals surface area contributed by atoms with Crippen LogP contribution < -0.4 is 0 Å². The average molecular weight is 339 g/mol. The summed E-state index contributed by atoms with van der Waals surface area (Å²) in [5, 5.41) is 4.10. The van der Waals surface area contributed by atoms with Crippen molar-refractivity contribution in [1.82, 2.24) is 15.0 Å². The Balaban J connectivity index is 1.34. The van der Waals surface area contributed by atoms with Gasteiger partial charge in [0.25, 0.3) is 0 Å². The number of hydrogen-bond donors (Lipinski definition) is 0. The van der Waals surface area contributed by atoms with E-state index in [1.807, 2.05) is 12.1 Å². The van der Waals surface area contributed by atoms with Gasteiger partial charge >= 0.3 is 0 Å². The Morgan fingerprint density at radius 1 is 1.28 bits per heavy atom. The van der Waals surface area contributed by atoms with Crippen molar-refractivity contribution in [3.05, 3.63) is 47.1 Å². The molecule has 132 valence electrons. The molecule has 1 aliphatic carbocycles. The van der Waals surface area contributed by atoms with Crippen molar-refractivity contribution in [3.63, 3.8) is 0 Å². The molecule has 1 aromatic heterocycles. The maximum Gasteiger partial charge on any atom is 0.229 e. The molecule has 0 N–H and O–H groups in total. The topological polar surface area (TPSA) is 59.2 Å². The summed E-state index contributed by atoms with van der Waals surface area (Å²) in [6.45, 7) is 2.94. The molecular formula is C20H25N3O2. The maximum atomic E-state index is 12.8. The molecule has 1 atom stereocenters. The third-order valence-electron chi connectivity index (χ3n) is 5.41. The number of carbonyl (C=O) groups excluding carboxylic acids is 1. The number of aryl methyl sites for hydroxylation is 2. The lowest BCUT2D eigenvalue weighted by Crippen LogP contribution is -2.37. The highest BCUT2D eigenvalue weighted by molar-refractivity contribution is 5.79. The van der Waals surface area contributed by atoms with Crippen molar-refractivity contribution < 1.29 is 9.32 Å². The molecule has 2 aromatic rings. The van der Waals surface area contributed by atoms with E-state index in [9.17, 15) is 4.79 Å². The minimum absolute atomic E-state index is 0.239. The predicted octanol–water partition coefficient (Wildman–Crippen LogP) is 3.42. The van der Waals surface area contributed by atoms with Gasteiger partial charge in [-0.05, 0) is 50.2 Å². The molecule has 5 heteroatoms. The van der Waals surface area contributed by atoms with Crippen LogP contribution in [0.1, 0.15) is 60.9 Å². The zero-order valence-electron chi connectivity index (χ0n) is 14.8. The minimum Gasteiger partial charge on any atom is -0.339 e. The van der Waals surface area contributed by atoms with Gasteiger partial charge in [0.2, 0.25) is 11.8 Å². The number of nitrogens with zero attached hydrogens (tertiary/aromatic N) is 3. The van der Waals surface area contributed by atoms with Crippen LogP contribution >= 0.6 is 0 Å². The van der Waals surface area contributed by atoms with E-state index in [0.717, 1.165) is 49.5 Å². The summed E-state index contributed by atoms with van der Waals surface area (Å²) < 4.78 is 5.33. The molecule has 1 aliphatic heterocycles. The Bertz CT molecular complexity index is 751. The Morgan fingerprint density at radius 2 is 2.12 bits per heavy atom. The first kappa shape index (κ1) is 16.3. The van der Waals surface area contributed by atoms with Crippen LogP contribution in [0.25, 0.3) is 0 Å². The van der Waals surface area contributed by atoms with Gasteiger partial charge in [-0.25, -0.2) is 0 Å². The normalized spacial score (nSPS) is 20.2. The molecule has 0 radical (unpaired) electrons. The fourth-order valence-corrected chi connectivity index (χ4v) is 3.70. The predicted molar refractivity (Wildman–Crippen MR) is 94.2 cm³/mol. The Kier molecular flexibility index (Phi) is 4.55. The van der Waals surface area contributed by atoms with E-state index in [1.165, 1.54) is 18.4 Å². The van der Waals surface area contributed by atoms with Crippen molar-refractivity contribution in [2.75, 3.05) is 6.54 Å². The van der Waals surface area contributed by atoms with E-state index in [4.69, 9.17) is 4.52 Å². The summed E-state index contributed by atoms with van der Waals surface area (Å²) in [6.07, 6.45) is 6.71. The number of aromatic nitrogens is 2. The fraction of sp³-hybridized carbons (Fsp3) is 0.550. The first-order valence-electron chi connectivity index (χ1n) is 9.37. The highest BCUT2D eigenvalue weighted by Gasteiger charge is 2.31. The first-order chi connectivity index (χ1) is 12.2. The summed E-state index contributed by atoms with van der Waals surface area (Å²) >= 11 is 0. The lowest BCUT2D eigenvalue weighted by molar-refractivity contribution is -0.131. The second-order valence-electron chi connectivity index (χ2n) is 7.35. The summed E-state index contributed by atoms with van der Waals surface area (Å²) in [5.41, 5.74) is 2.32. The molecule has 25 heavy (non-hydrogen) atoms. The van der Waals surface area contributed by atoms with Crippen molar-refractivity contribution in [2.45, 2.75) is 63.8 Å². The lowest BCUT2D eigenvalue weighted by Gasteiger charge is -2.25. The molecule has 5 nitrogen and oxygen atoms in total. The van der Waals surface area contributed by atoms with Gasteiger partial charge in [-0.3, -0.25) is 4.79 Å². The van der Waals surface area contributed by atoms with Crippen molar-refractivity contribution in [2.24, 2.45) is 0 Å². The smallest absolute Gasteiger partial charge is 0.229 e. The number of hydrogen-bond acceptors (Lipinski definition) is 4. The summed E-state index contributed by atoms with van der Waals surface area (Å²) in [7, 11) is 0. The zero-order chi connectivity index (χ0) is 17.2. The molecule has 1 amide bonds. The van der Waals surface area contributed by atoms with Crippen molar-refractivity contribution >= 4 is 5.91 Å². The van der Waals surface area contributed by atoms with E-state index in [0.29, 0.717) is 18.4 Å². The second-order valence-corrected chi connectivity index (χ2v) is 7.35. The van der Waals surface area contributed by atoms with Gasteiger partial charge in [-0.2, -0.15) is 4.98 Å². The third-order valence-corrected chi connectivity index (χ3v) is 5.41. The average Bonchev–Trinajstić information content (AvgIpc) is 3.17. The number of likely N-dealkylation sites (tertiary alicyclic amines) is 1. The Morgan fingerprint density at radius 3 is 2.92 bits per heavy atom. The largest absolute Gasteiger partial charge is 0.339 e. The molecule has 2 heterocycles. The van der Waals surface area contributed by atoms with Gasteiger partial charge in [0, 0.05) is 24.9 Å². The quantitative estimate of drug-likeness (QED) is 0.809. The third kappa shape index (κ3) is 3.75. The van der Waals surface area contributed by atoms with Crippen LogP contribution in [0.5, 0.6) is 0 Å². The molecule has 0 spiro atoms. The van der Waals surface area contributed by atoms with E-state index in [1.54, 1.807) is 0 Å². The van der Waals surface area contributed by atoms with Gasteiger partial charge in [0.1, 0.15) is 0 Å².